The highest BCUT2D eigenvalue weighted by molar-refractivity contribution is 5.73. The fraction of sp³-hybridized carbons (Fsp3) is 0.625. The molecule has 1 atom stereocenters. The van der Waals surface area contributed by atoms with E-state index in [0.717, 1.165) is 12.1 Å². The minimum absolute atomic E-state index is 0.502. The summed E-state index contributed by atoms with van der Waals surface area (Å²) in [5.74, 6) is -0.825. The molecule has 0 rings (SSSR count). The first-order chi connectivity index (χ1) is 5.07. The van der Waals surface area contributed by atoms with Gasteiger partial charge in [-0.3, -0.25) is 4.79 Å². The van der Waals surface area contributed by atoms with Gasteiger partial charge in [-0.15, -0.1) is 0 Å². The van der Waals surface area contributed by atoms with Crippen molar-refractivity contribution in [1.29, 1.82) is 0 Å². The zero-order chi connectivity index (χ0) is 8.85. The van der Waals surface area contributed by atoms with Crippen molar-refractivity contribution in [3.63, 3.8) is 0 Å². The Morgan fingerprint density at radius 3 is 2.64 bits per heavy atom. The van der Waals surface area contributed by atoms with Gasteiger partial charge in [0.2, 0.25) is 0 Å². The van der Waals surface area contributed by atoms with Gasteiger partial charge in [0.05, 0.1) is 0 Å². The summed E-state index contributed by atoms with van der Waals surface area (Å²) in [5.41, 5.74) is 0.919. The summed E-state index contributed by atoms with van der Waals surface area (Å²) in [7, 11) is 0. The molecule has 0 aromatic carbocycles. The first-order valence-electron chi connectivity index (χ1n) is 3.74. The van der Waals surface area contributed by atoms with E-state index in [1.54, 1.807) is 6.92 Å². The molecule has 0 aromatic rings. The van der Waals surface area contributed by atoms with Crippen LogP contribution in [0.1, 0.15) is 27.2 Å². The van der Waals surface area contributed by atoms with E-state index < -0.39 is 12.0 Å². The second-order valence-corrected chi connectivity index (χ2v) is 2.50. The van der Waals surface area contributed by atoms with Crippen LogP contribution in [0.4, 0.5) is 0 Å². The minimum atomic E-state index is -0.825. The number of hydrogen-bond donors (Lipinski definition) is 2. The molecule has 0 aliphatic heterocycles. The second kappa shape index (κ2) is 4.77. The molecule has 2 N–H and O–H groups in total. The van der Waals surface area contributed by atoms with Crippen LogP contribution in [0.3, 0.4) is 0 Å². The standard InChI is InChI=1S/C8H15NO2/c1-4-5-6(2)9-7(3)8(10)11/h5,7,9H,4H2,1-3H3,(H,10,11)/t7-/m0/s1. The highest BCUT2D eigenvalue weighted by Gasteiger charge is 2.08. The Kier molecular flexibility index (Phi) is 4.34. The first kappa shape index (κ1) is 10.0. The van der Waals surface area contributed by atoms with Gasteiger partial charge >= 0.3 is 5.97 Å². The maximum atomic E-state index is 10.3. The van der Waals surface area contributed by atoms with Crippen LogP contribution in [0.2, 0.25) is 0 Å². The van der Waals surface area contributed by atoms with Crippen LogP contribution >= 0.6 is 0 Å². The van der Waals surface area contributed by atoms with Crippen molar-refractivity contribution in [1.82, 2.24) is 5.32 Å². The first-order valence-corrected chi connectivity index (χ1v) is 3.74. The van der Waals surface area contributed by atoms with Crippen molar-refractivity contribution in [2.75, 3.05) is 0 Å². The predicted molar refractivity (Wildman–Crippen MR) is 44.3 cm³/mol. The van der Waals surface area contributed by atoms with E-state index in [-0.39, 0.29) is 0 Å². The van der Waals surface area contributed by atoms with Crippen LogP contribution < -0.4 is 5.32 Å². The van der Waals surface area contributed by atoms with Gasteiger partial charge in [-0.05, 0) is 20.3 Å². The maximum Gasteiger partial charge on any atom is 0.325 e. The van der Waals surface area contributed by atoms with Crippen molar-refractivity contribution in [2.45, 2.75) is 33.2 Å². The van der Waals surface area contributed by atoms with E-state index in [9.17, 15) is 4.79 Å². The Labute approximate surface area is 67.1 Å². The van der Waals surface area contributed by atoms with Gasteiger partial charge in [-0.2, -0.15) is 0 Å². The Hall–Kier alpha value is -0.990. The van der Waals surface area contributed by atoms with Crippen LogP contribution in [0.5, 0.6) is 0 Å². The molecule has 11 heavy (non-hydrogen) atoms. The van der Waals surface area contributed by atoms with Crippen molar-refractivity contribution < 1.29 is 9.90 Å². The summed E-state index contributed by atoms with van der Waals surface area (Å²) in [4.78, 5) is 10.3. The third-order valence-electron chi connectivity index (χ3n) is 1.32. The quantitative estimate of drug-likeness (QED) is 0.647. The molecule has 0 unspecified atom stereocenters. The van der Waals surface area contributed by atoms with Gasteiger partial charge in [0.15, 0.2) is 0 Å². The lowest BCUT2D eigenvalue weighted by molar-refractivity contribution is -0.138. The van der Waals surface area contributed by atoms with Crippen molar-refractivity contribution in [3.05, 3.63) is 11.8 Å². The lowest BCUT2D eigenvalue weighted by Gasteiger charge is -2.10. The summed E-state index contributed by atoms with van der Waals surface area (Å²) in [5, 5.41) is 11.4. The molecule has 0 bridgehead atoms. The van der Waals surface area contributed by atoms with Crippen molar-refractivity contribution in [2.24, 2.45) is 0 Å². The van der Waals surface area contributed by atoms with Crippen LogP contribution in [-0.2, 0) is 4.79 Å². The minimum Gasteiger partial charge on any atom is -0.480 e. The van der Waals surface area contributed by atoms with Gasteiger partial charge < -0.3 is 10.4 Å². The average Bonchev–Trinajstić information content (AvgIpc) is 1.87. The highest BCUT2D eigenvalue weighted by atomic mass is 16.4. The van der Waals surface area contributed by atoms with Gasteiger partial charge in [0.1, 0.15) is 6.04 Å². The molecule has 0 radical (unpaired) electrons. The van der Waals surface area contributed by atoms with Gasteiger partial charge in [-0.1, -0.05) is 13.0 Å². The zero-order valence-corrected chi connectivity index (χ0v) is 7.22. The lowest BCUT2D eigenvalue weighted by Crippen LogP contribution is -2.32. The molecule has 0 amide bonds. The van der Waals surface area contributed by atoms with Gasteiger partial charge in [-0.25, -0.2) is 0 Å². The van der Waals surface area contributed by atoms with Crippen LogP contribution in [0.15, 0.2) is 11.8 Å². The Balaban J connectivity index is 3.84. The molecule has 64 valence electrons. The average molecular weight is 157 g/mol. The smallest absolute Gasteiger partial charge is 0.325 e. The van der Waals surface area contributed by atoms with Gasteiger partial charge in [0.25, 0.3) is 0 Å². The predicted octanol–water partition coefficient (Wildman–Crippen LogP) is 1.36. The third kappa shape index (κ3) is 4.42. The van der Waals surface area contributed by atoms with E-state index in [4.69, 9.17) is 5.11 Å². The van der Waals surface area contributed by atoms with E-state index in [1.807, 2.05) is 19.9 Å². The molecule has 0 heterocycles. The molecule has 3 heteroatoms. The Bertz CT molecular complexity index is 163. The number of nitrogens with one attached hydrogen (secondary N) is 1. The van der Waals surface area contributed by atoms with Crippen LogP contribution in [0, 0.1) is 0 Å². The summed E-state index contributed by atoms with van der Waals surface area (Å²) in [6.07, 6.45) is 2.88. The molecule has 3 nitrogen and oxygen atoms in total. The third-order valence-corrected chi connectivity index (χ3v) is 1.32. The van der Waals surface area contributed by atoms with E-state index in [1.165, 1.54) is 0 Å². The summed E-state index contributed by atoms with van der Waals surface area (Å²) in [6.45, 7) is 5.49. The fourth-order valence-corrected chi connectivity index (χ4v) is 0.768. The summed E-state index contributed by atoms with van der Waals surface area (Å²) >= 11 is 0. The number of allylic oxidation sites excluding steroid dienone is 2. The number of rotatable bonds is 4. The molecule has 0 fully saturated rings. The van der Waals surface area contributed by atoms with Gasteiger partial charge in [0, 0.05) is 5.70 Å². The van der Waals surface area contributed by atoms with Crippen molar-refractivity contribution in [3.8, 4) is 0 Å². The largest absolute Gasteiger partial charge is 0.480 e. The summed E-state index contributed by atoms with van der Waals surface area (Å²) < 4.78 is 0. The topological polar surface area (TPSA) is 49.3 Å². The lowest BCUT2D eigenvalue weighted by atomic mass is 10.3. The monoisotopic (exact) mass is 157 g/mol. The zero-order valence-electron chi connectivity index (χ0n) is 7.22. The van der Waals surface area contributed by atoms with Crippen molar-refractivity contribution >= 4 is 5.97 Å². The molecule has 0 aromatic heterocycles. The van der Waals surface area contributed by atoms with E-state index >= 15 is 0 Å². The van der Waals surface area contributed by atoms with Crippen LogP contribution in [-0.4, -0.2) is 17.1 Å². The number of carboxylic acid groups (broad SMARTS) is 1. The molecule has 0 aliphatic carbocycles. The summed E-state index contributed by atoms with van der Waals surface area (Å²) in [6, 6.07) is -0.502. The Morgan fingerprint density at radius 2 is 2.27 bits per heavy atom. The number of carboxylic acids is 1. The molecular weight excluding hydrogens is 142 g/mol. The normalized spacial score (nSPS) is 14.3. The molecule has 0 saturated carbocycles. The molecule has 0 saturated heterocycles. The van der Waals surface area contributed by atoms with Crippen LogP contribution in [0.25, 0.3) is 0 Å². The SMILES string of the molecule is CCC=C(C)N[C@@H](C)C(=O)O. The number of aliphatic carboxylic acids is 1. The Morgan fingerprint density at radius 1 is 1.73 bits per heavy atom. The molecule has 0 spiro atoms. The van der Waals surface area contributed by atoms with E-state index in [2.05, 4.69) is 5.32 Å². The maximum absolute atomic E-state index is 10.3. The number of carbonyl (C=O) groups is 1. The molecule has 0 aliphatic rings. The molecular formula is C8H15NO2. The second-order valence-electron chi connectivity index (χ2n) is 2.50. The fourth-order valence-electron chi connectivity index (χ4n) is 0.768. The van der Waals surface area contributed by atoms with E-state index in [0.29, 0.717) is 0 Å². The number of hydrogen-bond acceptors (Lipinski definition) is 2. The highest BCUT2D eigenvalue weighted by Crippen LogP contribution is 1.92.